The van der Waals surface area contributed by atoms with E-state index in [0.29, 0.717) is 0 Å². The van der Waals surface area contributed by atoms with Gasteiger partial charge in [-0.05, 0) is 30.7 Å². The van der Waals surface area contributed by atoms with Gasteiger partial charge in [0.2, 0.25) is 0 Å². The van der Waals surface area contributed by atoms with Crippen LogP contribution < -0.4 is 10.9 Å². The second-order valence-electron chi connectivity index (χ2n) is 5.30. The summed E-state index contributed by atoms with van der Waals surface area (Å²) in [6, 6.07) is 10.2. The molecule has 0 saturated heterocycles. The highest BCUT2D eigenvalue weighted by Crippen LogP contribution is 2.17. The minimum absolute atomic E-state index is 0.00941. The highest BCUT2D eigenvalue weighted by atomic mass is 79.9. The number of hydrogen-bond donors (Lipinski definition) is 2. The summed E-state index contributed by atoms with van der Waals surface area (Å²) < 4.78 is 0.957. The number of carbonyl (C=O) groups excluding carboxylic acids is 1. The Morgan fingerprint density at radius 3 is 2.56 bits per heavy atom. The van der Waals surface area contributed by atoms with Crippen LogP contribution in [-0.4, -0.2) is 25.8 Å². The smallest absolute Gasteiger partial charge is 0.270 e. The average Bonchev–Trinajstić information content (AvgIpc) is 2.62. The summed E-state index contributed by atoms with van der Waals surface area (Å²) in [5.41, 5.74) is 0.502. The number of nitrogens with one attached hydrogen (secondary N) is 2. The van der Waals surface area contributed by atoms with Gasteiger partial charge in [-0.2, -0.15) is 0 Å². The zero-order valence-corrected chi connectivity index (χ0v) is 14.8. The molecule has 3 rings (SSSR count). The Balaban J connectivity index is 1.83. The maximum atomic E-state index is 12.5. The molecule has 0 fully saturated rings. The number of benzene rings is 1. The summed E-state index contributed by atoms with van der Waals surface area (Å²) in [7, 11) is 0. The topological polar surface area (TPSA) is 101 Å². The van der Waals surface area contributed by atoms with Crippen LogP contribution in [0.5, 0.6) is 0 Å². The Bertz CT molecular complexity index is 941. The fraction of sp³-hybridized carbons (Fsp3) is 0.118. The first-order valence-electron chi connectivity index (χ1n) is 7.48. The largest absolute Gasteiger partial charge is 0.344 e. The van der Waals surface area contributed by atoms with E-state index in [1.807, 2.05) is 31.2 Å². The first-order valence-corrected chi connectivity index (χ1v) is 8.27. The van der Waals surface area contributed by atoms with Crippen molar-refractivity contribution in [2.24, 2.45) is 0 Å². The average molecular weight is 400 g/mol. The van der Waals surface area contributed by atoms with Crippen molar-refractivity contribution < 1.29 is 4.79 Å². The SMILES string of the molecule is CC(NC(=O)c1cc(=O)[nH]c(-c2ncccn2)n1)c1ccc(Br)cc1. The third-order valence-corrected chi connectivity index (χ3v) is 4.00. The molecule has 3 aromatic rings. The molecule has 126 valence electrons. The normalized spacial score (nSPS) is 11.8. The van der Waals surface area contributed by atoms with Gasteiger partial charge in [-0.1, -0.05) is 28.1 Å². The van der Waals surface area contributed by atoms with Crippen LogP contribution in [0.15, 0.2) is 58.1 Å². The molecule has 8 heteroatoms. The molecule has 0 spiro atoms. The third-order valence-electron chi connectivity index (χ3n) is 3.47. The predicted molar refractivity (Wildman–Crippen MR) is 95.9 cm³/mol. The lowest BCUT2D eigenvalue weighted by Gasteiger charge is -2.14. The molecule has 7 nitrogen and oxygen atoms in total. The minimum Gasteiger partial charge on any atom is -0.344 e. The first kappa shape index (κ1) is 17.0. The number of hydrogen-bond acceptors (Lipinski definition) is 5. The molecule has 0 aliphatic carbocycles. The number of amides is 1. The number of aromatic nitrogens is 4. The van der Waals surface area contributed by atoms with Crippen LogP contribution in [0.25, 0.3) is 11.6 Å². The van der Waals surface area contributed by atoms with Gasteiger partial charge in [-0.15, -0.1) is 0 Å². The monoisotopic (exact) mass is 399 g/mol. The van der Waals surface area contributed by atoms with E-state index in [0.717, 1.165) is 16.1 Å². The van der Waals surface area contributed by atoms with Crippen LogP contribution in [0.3, 0.4) is 0 Å². The highest BCUT2D eigenvalue weighted by Gasteiger charge is 2.15. The van der Waals surface area contributed by atoms with Crippen LogP contribution in [0.2, 0.25) is 0 Å². The molecular weight excluding hydrogens is 386 g/mol. The van der Waals surface area contributed by atoms with Gasteiger partial charge in [0, 0.05) is 22.9 Å². The number of H-pyrrole nitrogens is 1. The fourth-order valence-corrected chi connectivity index (χ4v) is 2.47. The second-order valence-corrected chi connectivity index (χ2v) is 6.21. The van der Waals surface area contributed by atoms with E-state index < -0.39 is 11.5 Å². The van der Waals surface area contributed by atoms with E-state index in [4.69, 9.17) is 0 Å². The molecule has 0 radical (unpaired) electrons. The van der Waals surface area contributed by atoms with Crippen molar-refractivity contribution in [3.63, 3.8) is 0 Å². The molecule has 1 aromatic carbocycles. The molecule has 0 bridgehead atoms. The maximum Gasteiger partial charge on any atom is 0.270 e. The Morgan fingerprint density at radius 1 is 1.20 bits per heavy atom. The van der Waals surface area contributed by atoms with E-state index in [2.05, 4.69) is 41.2 Å². The van der Waals surface area contributed by atoms with Crippen LogP contribution in [0.1, 0.15) is 29.0 Å². The number of aromatic amines is 1. The van der Waals surface area contributed by atoms with E-state index in [9.17, 15) is 9.59 Å². The lowest BCUT2D eigenvalue weighted by molar-refractivity contribution is 0.0934. The molecule has 1 unspecified atom stereocenters. The van der Waals surface area contributed by atoms with Gasteiger partial charge >= 0.3 is 0 Å². The van der Waals surface area contributed by atoms with E-state index in [1.165, 1.54) is 12.4 Å². The third kappa shape index (κ3) is 4.16. The van der Waals surface area contributed by atoms with Gasteiger partial charge in [0.25, 0.3) is 11.5 Å². The molecule has 0 saturated carbocycles. The van der Waals surface area contributed by atoms with Gasteiger partial charge < -0.3 is 10.3 Å². The van der Waals surface area contributed by atoms with E-state index in [-0.39, 0.29) is 23.4 Å². The Morgan fingerprint density at radius 2 is 1.88 bits per heavy atom. The fourth-order valence-electron chi connectivity index (χ4n) is 2.21. The molecule has 2 aromatic heterocycles. The summed E-state index contributed by atoms with van der Waals surface area (Å²) >= 11 is 3.37. The van der Waals surface area contributed by atoms with Crippen molar-refractivity contribution in [1.29, 1.82) is 0 Å². The van der Waals surface area contributed by atoms with Crippen molar-refractivity contribution in [3.8, 4) is 11.6 Å². The van der Waals surface area contributed by atoms with Gasteiger partial charge in [0.1, 0.15) is 5.69 Å². The van der Waals surface area contributed by atoms with E-state index in [1.54, 1.807) is 6.07 Å². The lowest BCUT2D eigenvalue weighted by Crippen LogP contribution is -2.29. The van der Waals surface area contributed by atoms with Crippen LogP contribution in [0, 0.1) is 0 Å². The molecular formula is C17H14BrN5O2. The Kier molecular flexibility index (Phi) is 4.99. The summed E-state index contributed by atoms with van der Waals surface area (Å²) in [6.07, 6.45) is 3.06. The van der Waals surface area contributed by atoms with Crippen LogP contribution >= 0.6 is 15.9 Å². The van der Waals surface area contributed by atoms with Crippen molar-refractivity contribution in [2.45, 2.75) is 13.0 Å². The number of nitrogens with zero attached hydrogens (tertiary/aromatic N) is 3. The Hall–Kier alpha value is -2.87. The maximum absolute atomic E-state index is 12.5. The second kappa shape index (κ2) is 7.35. The summed E-state index contributed by atoms with van der Waals surface area (Å²) in [4.78, 5) is 39.1. The minimum atomic E-state index is -0.446. The van der Waals surface area contributed by atoms with Crippen molar-refractivity contribution in [1.82, 2.24) is 25.3 Å². The zero-order chi connectivity index (χ0) is 17.8. The van der Waals surface area contributed by atoms with E-state index >= 15 is 0 Å². The highest BCUT2D eigenvalue weighted by molar-refractivity contribution is 9.10. The van der Waals surface area contributed by atoms with Gasteiger partial charge in [-0.25, -0.2) is 15.0 Å². The quantitative estimate of drug-likeness (QED) is 0.701. The molecule has 2 heterocycles. The number of rotatable bonds is 4. The van der Waals surface area contributed by atoms with Gasteiger partial charge in [0.15, 0.2) is 11.6 Å². The molecule has 2 N–H and O–H groups in total. The molecule has 1 amide bonds. The van der Waals surface area contributed by atoms with Crippen molar-refractivity contribution >= 4 is 21.8 Å². The summed E-state index contributed by atoms with van der Waals surface area (Å²) in [6.45, 7) is 1.86. The summed E-state index contributed by atoms with van der Waals surface area (Å²) in [5, 5.41) is 2.83. The Labute approximate surface area is 151 Å². The van der Waals surface area contributed by atoms with Crippen molar-refractivity contribution in [3.05, 3.63) is 74.9 Å². The summed E-state index contributed by atoms with van der Waals surface area (Å²) in [5.74, 6) is -0.0524. The molecule has 1 atom stereocenters. The molecule has 25 heavy (non-hydrogen) atoms. The zero-order valence-electron chi connectivity index (χ0n) is 13.2. The predicted octanol–water partition coefficient (Wildman–Crippen LogP) is 2.48. The van der Waals surface area contributed by atoms with Gasteiger partial charge in [0.05, 0.1) is 6.04 Å². The first-order chi connectivity index (χ1) is 12.0. The molecule has 0 aliphatic heterocycles. The standard InChI is InChI=1S/C17H14BrN5O2/c1-10(11-3-5-12(18)6-4-11)21-17(25)13-9-14(24)23-16(22-13)15-19-7-2-8-20-15/h2-10H,1H3,(H,21,25)(H,22,23,24). The molecule has 0 aliphatic rings. The van der Waals surface area contributed by atoms with Crippen molar-refractivity contribution in [2.75, 3.05) is 0 Å². The lowest BCUT2D eigenvalue weighted by atomic mass is 10.1. The number of carbonyl (C=O) groups is 1. The van der Waals surface area contributed by atoms with Crippen LogP contribution in [0.4, 0.5) is 0 Å². The number of halogens is 1. The van der Waals surface area contributed by atoms with Crippen LogP contribution in [-0.2, 0) is 0 Å². The van der Waals surface area contributed by atoms with Gasteiger partial charge in [-0.3, -0.25) is 9.59 Å².